The number of rotatable bonds is 6. The topological polar surface area (TPSA) is 91.3 Å². The normalized spacial score (nSPS) is 10.1. The Hall–Kier alpha value is -2.41. The zero-order valence-corrected chi connectivity index (χ0v) is 12.0. The van der Waals surface area contributed by atoms with Crippen LogP contribution in [-0.4, -0.2) is 28.6 Å². The lowest BCUT2D eigenvalue weighted by atomic mass is 10.0. The first-order valence-corrected chi connectivity index (χ1v) is 7.31. The van der Waals surface area contributed by atoms with Gasteiger partial charge in [0, 0.05) is 11.9 Å². The fourth-order valence-electron chi connectivity index (χ4n) is 1.82. The molecule has 0 unspecified atom stereocenters. The first kappa shape index (κ1) is 15.0. The van der Waals surface area contributed by atoms with Gasteiger partial charge in [-0.05, 0) is 18.1 Å². The van der Waals surface area contributed by atoms with E-state index in [1.54, 1.807) is 29.8 Å². The van der Waals surface area contributed by atoms with Crippen LogP contribution < -0.4 is 10.6 Å². The van der Waals surface area contributed by atoms with Gasteiger partial charge in [-0.25, -0.2) is 14.6 Å². The van der Waals surface area contributed by atoms with Crippen molar-refractivity contribution in [2.45, 2.75) is 13.0 Å². The second-order valence-electron chi connectivity index (χ2n) is 4.30. The molecule has 0 atom stereocenters. The molecule has 1 aromatic carbocycles. The summed E-state index contributed by atoms with van der Waals surface area (Å²) in [6.07, 6.45) is 0.465. The van der Waals surface area contributed by atoms with Crippen molar-refractivity contribution in [2.24, 2.45) is 0 Å². The summed E-state index contributed by atoms with van der Waals surface area (Å²) in [6, 6.07) is 6.47. The number of thiazole rings is 1. The van der Waals surface area contributed by atoms with Crippen LogP contribution in [0.5, 0.6) is 0 Å². The molecule has 1 aromatic heterocycles. The third kappa shape index (κ3) is 4.57. The summed E-state index contributed by atoms with van der Waals surface area (Å²) >= 11 is 1.47. The van der Waals surface area contributed by atoms with Crippen molar-refractivity contribution in [1.82, 2.24) is 15.6 Å². The molecule has 1 heterocycles. The molecule has 0 bridgehead atoms. The highest BCUT2D eigenvalue weighted by molar-refractivity contribution is 7.07. The van der Waals surface area contributed by atoms with E-state index in [0.29, 0.717) is 25.1 Å². The highest BCUT2D eigenvalue weighted by atomic mass is 32.1. The molecule has 110 valence electrons. The monoisotopic (exact) mass is 305 g/mol. The largest absolute Gasteiger partial charge is 0.478 e. The predicted octanol–water partition coefficient (Wildman–Crippen LogP) is 1.88. The van der Waals surface area contributed by atoms with Crippen LogP contribution in [0.3, 0.4) is 0 Å². The van der Waals surface area contributed by atoms with Crippen LogP contribution in [0.15, 0.2) is 35.2 Å². The maximum absolute atomic E-state index is 11.6. The van der Waals surface area contributed by atoms with Gasteiger partial charge >= 0.3 is 12.0 Å². The molecule has 0 aliphatic carbocycles. The zero-order chi connectivity index (χ0) is 15.1. The number of benzene rings is 1. The third-order valence-corrected chi connectivity index (χ3v) is 3.48. The van der Waals surface area contributed by atoms with Crippen LogP contribution >= 0.6 is 11.3 Å². The highest BCUT2D eigenvalue weighted by Gasteiger charge is 2.09. The van der Waals surface area contributed by atoms with E-state index < -0.39 is 5.97 Å². The molecule has 6 nitrogen and oxygen atoms in total. The fraction of sp³-hybridized carbons (Fsp3) is 0.214. The number of nitrogens with one attached hydrogen (secondary N) is 2. The second kappa shape index (κ2) is 7.39. The molecular weight excluding hydrogens is 290 g/mol. The van der Waals surface area contributed by atoms with Crippen molar-refractivity contribution in [1.29, 1.82) is 0 Å². The summed E-state index contributed by atoms with van der Waals surface area (Å²) in [7, 11) is 0. The lowest BCUT2D eigenvalue weighted by Crippen LogP contribution is -2.36. The first-order chi connectivity index (χ1) is 10.2. The SMILES string of the molecule is O=C(NCCc1ccccc1C(=O)O)NCc1cscn1. The molecule has 2 aromatic rings. The van der Waals surface area contributed by atoms with E-state index in [0.717, 1.165) is 5.69 Å². The smallest absolute Gasteiger partial charge is 0.335 e. The standard InChI is InChI=1S/C14H15N3O3S/c18-13(19)12-4-2-1-3-10(12)5-6-15-14(20)16-7-11-8-21-9-17-11/h1-4,8-9H,5-7H2,(H,18,19)(H2,15,16,20). The Kier molecular flexibility index (Phi) is 5.28. The Morgan fingerprint density at radius 1 is 1.24 bits per heavy atom. The summed E-state index contributed by atoms with van der Waals surface area (Å²) in [5.74, 6) is -0.960. The van der Waals surface area contributed by atoms with Crippen molar-refractivity contribution in [2.75, 3.05) is 6.54 Å². The molecule has 0 fully saturated rings. The average Bonchev–Trinajstić information content (AvgIpc) is 2.99. The number of carboxylic acids is 1. The van der Waals surface area contributed by atoms with E-state index in [4.69, 9.17) is 5.11 Å². The second-order valence-corrected chi connectivity index (χ2v) is 5.02. The number of carboxylic acid groups (broad SMARTS) is 1. The number of aromatic nitrogens is 1. The molecule has 2 rings (SSSR count). The molecule has 0 radical (unpaired) electrons. The number of hydrogen-bond donors (Lipinski definition) is 3. The van der Waals surface area contributed by atoms with Crippen molar-refractivity contribution >= 4 is 23.3 Å². The van der Waals surface area contributed by atoms with Gasteiger partial charge in [0.2, 0.25) is 0 Å². The van der Waals surface area contributed by atoms with E-state index in [9.17, 15) is 9.59 Å². The summed E-state index contributed by atoms with van der Waals surface area (Å²) in [6.45, 7) is 0.744. The maximum atomic E-state index is 11.6. The Morgan fingerprint density at radius 2 is 2.05 bits per heavy atom. The van der Waals surface area contributed by atoms with Gasteiger partial charge in [-0.1, -0.05) is 18.2 Å². The van der Waals surface area contributed by atoms with Crippen molar-refractivity contribution < 1.29 is 14.7 Å². The molecule has 0 saturated carbocycles. The minimum atomic E-state index is -0.960. The lowest BCUT2D eigenvalue weighted by Gasteiger charge is -2.08. The minimum absolute atomic E-state index is 0.266. The molecule has 21 heavy (non-hydrogen) atoms. The van der Waals surface area contributed by atoms with E-state index in [2.05, 4.69) is 15.6 Å². The van der Waals surface area contributed by atoms with Gasteiger partial charge in [-0.2, -0.15) is 0 Å². The molecule has 0 saturated heterocycles. The van der Waals surface area contributed by atoms with Gasteiger partial charge in [-0.3, -0.25) is 0 Å². The average molecular weight is 305 g/mol. The van der Waals surface area contributed by atoms with Crippen molar-refractivity contribution in [3.63, 3.8) is 0 Å². The van der Waals surface area contributed by atoms with Crippen LogP contribution in [0, 0.1) is 0 Å². The van der Waals surface area contributed by atoms with Crippen molar-refractivity contribution in [3.8, 4) is 0 Å². The summed E-state index contributed by atoms with van der Waals surface area (Å²) in [5, 5.41) is 16.3. The number of urea groups is 1. The van der Waals surface area contributed by atoms with Crippen LogP contribution in [0.25, 0.3) is 0 Å². The number of amides is 2. The van der Waals surface area contributed by atoms with Crippen LogP contribution in [0.1, 0.15) is 21.6 Å². The van der Waals surface area contributed by atoms with Gasteiger partial charge in [0.15, 0.2) is 0 Å². The van der Waals surface area contributed by atoms with Crippen LogP contribution in [0.4, 0.5) is 4.79 Å². The fourth-order valence-corrected chi connectivity index (χ4v) is 2.37. The summed E-state index contributed by atoms with van der Waals surface area (Å²) < 4.78 is 0. The zero-order valence-electron chi connectivity index (χ0n) is 11.2. The number of nitrogens with zero attached hydrogens (tertiary/aromatic N) is 1. The van der Waals surface area contributed by atoms with Crippen molar-refractivity contribution in [3.05, 3.63) is 52.0 Å². The Labute approximate surface area is 125 Å². The minimum Gasteiger partial charge on any atom is -0.478 e. The van der Waals surface area contributed by atoms with Gasteiger partial charge < -0.3 is 15.7 Å². The first-order valence-electron chi connectivity index (χ1n) is 6.37. The Balaban J connectivity index is 1.76. The molecule has 7 heteroatoms. The maximum Gasteiger partial charge on any atom is 0.335 e. The Bertz CT molecular complexity index is 614. The molecule has 0 aliphatic rings. The van der Waals surface area contributed by atoms with Crippen LogP contribution in [0.2, 0.25) is 0 Å². The van der Waals surface area contributed by atoms with E-state index >= 15 is 0 Å². The van der Waals surface area contributed by atoms with Gasteiger partial charge in [0.25, 0.3) is 0 Å². The van der Waals surface area contributed by atoms with Crippen LogP contribution in [-0.2, 0) is 13.0 Å². The predicted molar refractivity (Wildman–Crippen MR) is 79.5 cm³/mol. The number of carbonyl (C=O) groups is 2. The summed E-state index contributed by atoms with van der Waals surface area (Å²) in [5.41, 5.74) is 3.48. The summed E-state index contributed by atoms with van der Waals surface area (Å²) in [4.78, 5) is 26.7. The number of aromatic carboxylic acids is 1. The Morgan fingerprint density at radius 3 is 2.76 bits per heavy atom. The highest BCUT2D eigenvalue weighted by Crippen LogP contribution is 2.08. The molecule has 3 N–H and O–H groups in total. The molecule has 0 aliphatic heterocycles. The van der Waals surface area contributed by atoms with Gasteiger partial charge in [0.05, 0.1) is 23.3 Å². The molecule has 2 amide bonds. The molecule has 0 spiro atoms. The molecular formula is C14H15N3O3S. The van der Waals surface area contributed by atoms with Gasteiger partial charge in [-0.15, -0.1) is 11.3 Å². The van der Waals surface area contributed by atoms with Gasteiger partial charge in [0.1, 0.15) is 0 Å². The van der Waals surface area contributed by atoms with E-state index in [1.807, 2.05) is 5.38 Å². The lowest BCUT2D eigenvalue weighted by molar-refractivity contribution is 0.0695. The third-order valence-electron chi connectivity index (χ3n) is 2.84. The van der Waals surface area contributed by atoms with E-state index in [-0.39, 0.29) is 11.6 Å². The quantitative estimate of drug-likeness (QED) is 0.760. The van der Waals surface area contributed by atoms with E-state index in [1.165, 1.54) is 11.3 Å². The number of hydrogen-bond acceptors (Lipinski definition) is 4. The number of carbonyl (C=O) groups excluding carboxylic acids is 1.